The molecule has 170 valence electrons. The highest BCUT2D eigenvalue weighted by atomic mass is 32.2. The van der Waals surface area contributed by atoms with Crippen LogP contribution in [0.3, 0.4) is 0 Å². The first-order valence-corrected chi connectivity index (χ1v) is 11.7. The molecule has 1 aliphatic heterocycles. The Morgan fingerprint density at radius 3 is 2.61 bits per heavy atom. The van der Waals surface area contributed by atoms with Crippen molar-refractivity contribution < 1.29 is 26.4 Å². The smallest absolute Gasteiger partial charge is 0.288 e. The number of rotatable bonds is 4. The lowest BCUT2D eigenvalue weighted by Crippen LogP contribution is -2.26. The third kappa shape index (κ3) is 3.18. The van der Waals surface area contributed by atoms with Gasteiger partial charge in [-0.25, -0.2) is 13.4 Å². The van der Waals surface area contributed by atoms with Gasteiger partial charge in [-0.3, -0.25) is 19.1 Å². The van der Waals surface area contributed by atoms with Gasteiger partial charge in [0.15, 0.2) is 20.7 Å². The van der Waals surface area contributed by atoms with Crippen molar-refractivity contribution in [3.63, 3.8) is 0 Å². The van der Waals surface area contributed by atoms with E-state index in [1.165, 1.54) is 17.5 Å². The summed E-state index contributed by atoms with van der Waals surface area (Å²) in [7, 11) is -3.92. The van der Waals surface area contributed by atoms with E-state index in [9.17, 15) is 31.6 Å². The summed E-state index contributed by atoms with van der Waals surface area (Å²) in [5, 5.41) is 9.27. The van der Waals surface area contributed by atoms with Gasteiger partial charge in [-0.05, 0) is 30.5 Å². The first-order valence-electron chi connectivity index (χ1n) is 10.1. The van der Waals surface area contributed by atoms with Gasteiger partial charge < -0.3 is 0 Å². The van der Waals surface area contributed by atoms with Crippen LogP contribution in [-0.4, -0.2) is 34.4 Å². The van der Waals surface area contributed by atoms with Crippen molar-refractivity contribution in [3.05, 3.63) is 53.0 Å². The number of fused-ring (bicyclic) bond motifs is 2. The predicted octanol–water partition coefficient (Wildman–Crippen LogP) is 3.26. The minimum absolute atomic E-state index is 0.104. The number of halogens is 3. The average molecular weight is 475 g/mol. The zero-order valence-electron chi connectivity index (χ0n) is 17.2. The summed E-state index contributed by atoms with van der Waals surface area (Å²) >= 11 is 0. The zero-order chi connectivity index (χ0) is 23.8. The van der Waals surface area contributed by atoms with Crippen LogP contribution in [0.25, 0.3) is 5.65 Å². The van der Waals surface area contributed by atoms with E-state index in [1.54, 1.807) is 12.1 Å². The Morgan fingerprint density at radius 1 is 1.27 bits per heavy atom. The molecule has 0 radical (unpaired) electrons. The maximum atomic E-state index is 13.1. The number of imidazole rings is 1. The van der Waals surface area contributed by atoms with Gasteiger partial charge in [-0.1, -0.05) is 13.0 Å². The number of alkyl halides is 3. The third-order valence-corrected chi connectivity index (χ3v) is 7.81. The Morgan fingerprint density at radius 2 is 2.00 bits per heavy atom. The van der Waals surface area contributed by atoms with Crippen LogP contribution in [0.15, 0.2) is 35.6 Å². The molecule has 0 saturated heterocycles. The van der Waals surface area contributed by atoms with Crippen LogP contribution in [0.4, 0.5) is 19.0 Å². The number of anilines is 1. The predicted molar refractivity (Wildman–Crippen MR) is 109 cm³/mol. The molecule has 2 aliphatic rings. The minimum atomic E-state index is -4.68. The molecule has 4 heterocycles. The first kappa shape index (κ1) is 21.4. The molecule has 0 aromatic carbocycles. The Labute approximate surface area is 186 Å². The topological polar surface area (TPSA) is 108 Å². The van der Waals surface area contributed by atoms with E-state index in [0.29, 0.717) is 24.6 Å². The number of nitrogens with zero attached hydrogens (tertiary/aromatic N) is 5. The number of carbonyl (C=O) groups is 1. The highest BCUT2D eigenvalue weighted by Gasteiger charge is 2.46. The molecule has 0 unspecified atom stereocenters. The van der Waals surface area contributed by atoms with Gasteiger partial charge in [0, 0.05) is 12.4 Å². The summed E-state index contributed by atoms with van der Waals surface area (Å²) < 4.78 is 66.7. The number of hydrogen-bond donors (Lipinski definition) is 0. The summed E-state index contributed by atoms with van der Waals surface area (Å²) in [5.74, 6) is -1.27. The highest BCUT2D eigenvalue weighted by Crippen LogP contribution is 2.48. The number of hydrogen-bond acceptors (Lipinski definition) is 6. The van der Waals surface area contributed by atoms with Gasteiger partial charge >= 0.3 is 6.18 Å². The largest absolute Gasteiger partial charge is 0.417 e. The SMILES string of the molecule is CCS(=O)(=O)c1c(N2Cc3ncc(C(F)(F)F)cc3C2=O)nc2ccc(C3(C#N)CC3)cn12. The molecule has 1 amide bonds. The van der Waals surface area contributed by atoms with Crippen molar-refractivity contribution in [2.75, 3.05) is 10.7 Å². The van der Waals surface area contributed by atoms with Crippen molar-refractivity contribution in [3.8, 4) is 6.07 Å². The second-order valence-corrected chi connectivity index (χ2v) is 10.3. The summed E-state index contributed by atoms with van der Waals surface area (Å²) in [6.45, 7) is 1.23. The molecule has 1 aliphatic carbocycles. The van der Waals surface area contributed by atoms with E-state index in [2.05, 4.69) is 16.0 Å². The van der Waals surface area contributed by atoms with Crippen molar-refractivity contribution in [2.24, 2.45) is 0 Å². The molecule has 0 bridgehead atoms. The maximum Gasteiger partial charge on any atom is 0.417 e. The van der Waals surface area contributed by atoms with E-state index >= 15 is 0 Å². The van der Waals surface area contributed by atoms with Crippen LogP contribution in [0.1, 0.15) is 46.9 Å². The van der Waals surface area contributed by atoms with Gasteiger partial charge in [0.25, 0.3) is 5.91 Å². The number of amides is 1. The van der Waals surface area contributed by atoms with Gasteiger partial charge in [-0.2, -0.15) is 18.4 Å². The second kappa shape index (κ2) is 6.77. The number of nitriles is 1. The van der Waals surface area contributed by atoms with E-state index in [1.807, 2.05) is 0 Å². The minimum Gasteiger partial charge on any atom is -0.288 e. The molecule has 1 saturated carbocycles. The van der Waals surface area contributed by atoms with E-state index in [-0.39, 0.29) is 40.0 Å². The van der Waals surface area contributed by atoms with Crippen LogP contribution in [0, 0.1) is 11.3 Å². The molecular formula is C21H16F3N5O3S. The standard InChI is InChI=1S/C21H16F3N5O3S/c1-2-33(31,32)19-17(27-16-4-3-12(9-28(16)19)20(11-25)5-6-20)29-10-15-14(18(29)30)7-13(8-26-15)21(22,23)24/h3-4,7-9H,2,5-6,10H2,1H3. The molecular weight excluding hydrogens is 459 g/mol. The molecule has 0 N–H and O–H groups in total. The molecule has 0 spiro atoms. The molecule has 3 aromatic heterocycles. The Bertz CT molecular complexity index is 1480. The molecule has 33 heavy (non-hydrogen) atoms. The third-order valence-electron chi connectivity index (χ3n) is 6.09. The molecule has 5 rings (SSSR count). The normalized spacial score (nSPS) is 17.3. The quantitative estimate of drug-likeness (QED) is 0.573. The van der Waals surface area contributed by atoms with Crippen molar-refractivity contribution in [1.82, 2.24) is 14.4 Å². The van der Waals surface area contributed by atoms with Gasteiger partial charge in [0.05, 0.1) is 40.6 Å². The maximum absolute atomic E-state index is 13.1. The molecule has 1 fully saturated rings. The Balaban J connectivity index is 1.67. The van der Waals surface area contributed by atoms with Crippen LogP contribution < -0.4 is 4.90 Å². The fourth-order valence-electron chi connectivity index (χ4n) is 3.98. The summed E-state index contributed by atoms with van der Waals surface area (Å²) in [6.07, 6.45) is -1.19. The van der Waals surface area contributed by atoms with Crippen LogP contribution in [0.2, 0.25) is 0 Å². The van der Waals surface area contributed by atoms with Crippen LogP contribution in [0.5, 0.6) is 0 Å². The fraction of sp³-hybridized carbons (Fsp3) is 0.333. The Kier molecular flexibility index (Phi) is 4.39. The molecule has 8 nitrogen and oxygen atoms in total. The second-order valence-electron chi connectivity index (χ2n) is 8.09. The van der Waals surface area contributed by atoms with E-state index in [4.69, 9.17) is 0 Å². The van der Waals surface area contributed by atoms with Crippen molar-refractivity contribution >= 4 is 27.2 Å². The van der Waals surface area contributed by atoms with Crippen LogP contribution >= 0.6 is 0 Å². The lowest BCUT2D eigenvalue weighted by molar-refractivity contribution is -0.137. The number of sulfone groups is 1. The fourth-order valence-corrected chi connectivity index (χ4v) is 5.14. The molecule has 0 atom stereocenters. The number of pyridine rings is 2. The molecule has 3 aromatic rings. The number of aromatic nitrogens is 3. The van der Waals surface area contributed by atoms with Crippen molar-refractivity contribution in [1.29, 1.82) is 5.26 Å². The lowest BCUT2D eigenvalue weighted by atomic mass is 10.00. The summed E-state index contributed by atoms with van der Waals surface area (Å²) in [4.78, 5) is 22.2. The highest BCUT2D eigenvalue weighted by molar-refractivity contribution is 7.91. The van der Waals surface area contributed by atoms with Crippen molar-refractivity contribution in [2.45, 2.75) is 42.9 Å². The molecule has 12 heteroatoms. The number of carbonyl (C=O) groups excluding carboxylic acids is 1. The van der Waals surface area contributed by atoms with E-state index in [0.717, 1.165) is 11.0 Å². The van der Waals surface area contributed by atoms with E-state index < -0.39 is 32.9 Å². The summed E-state index contributed by atoms with van der Waals surface area (Å²) in [5.41, 5.74) is -1.01. The summed E-state index contributed by atoms with van der Waals surface area (Å²) in [6, 6.07) is 6.24. The average Bonchev–Trinajstić information content (AvgIpc) is 3.38. The van der Waals surface area contributed by atoms with Gasteiger partial charge in [0.1, 0.15) is 5.65 Å². The van der Waals surface area contributed by atoms with Gasteiger partial charge in [-0.15, -0.1) is 0 Å². The zero-order valence-corrected chi connectivity index (χ0v) is 18.0. The van der Waals surface area contributed by atoms with Gasteiger partial charge in [0.2, 0.25) is 0 Å². The van der Waals surface area contributed by atoms with Crippen LogP contribution in [-0.2, 0) is 28.0 Å². The monoisotopic (exact) mass is 475 g/mol. The first-order chi connectivity index (χ1) is 15.5. The lowest BCUT2D eigenvalue weighted by Gasteiger charge is -2.15. The Hall–Kier alpha value is -3.46.